The highest BCUT2D eigenvalue weighted by Gasteiger charge is 2.39. The Labute approximate surface area is 253 Å². The van der Waals surface area contributed by atoms with Crippen LogP contribution < -0.4 is 9.47 Å². The number of hydrogen-bond acceptors (Lipinski definition) is 6. The van der Waals surface area contributed by atoms with Gasteiger partial charge in [-0.05, 0) is 74.4 Å². The monoisotopic (exact) mass is 638 g/mol. The summed E-state index contributed by atoms with van der Waals surface area (Å²) in [7, 11) is 3.23. The van der Waals surface area contributed by atoms with Gasteiger partial charge in [0.2, 0.25) is 0 Å². The number of aliphatic imine (C=N–C) groups is 1. The number of ether oxygens (including phenoxy) is 2. The molecule has 1 fully saturated rings. The zero-order chi connectivity index (χ0) is 32.0. The molecule has 1 aliphatic heterocycles. The molecule has 0 spiro atoms. The van der Waals surface area contributed by atoms with E-state index in [1.54, 1.807) is 18.2 Å². The van der Waals surface area contributed by atoms with E-state index in [2.05, 4.69) is 15.0 Å². The minimum atomic E-state index is -5.02. The van der Waals surface area contributed by atoms with Crippen molar-refractivity contribution >= 4 is 28.9 Å². The fourth-order valence-corrected chi connectivity index (χ4v) is 5.80. The van der Waals surface area contributed by atoms with Crippen LogP contribution in [-0.2, 0) is 37.3 Å². The summed E-state index contributed by atoms with van der Waals surface area (Å²) in [5, 5.41) is 5.10. The highest BCUT2D eigenvalue weighted by Crippen LogP contribution is 2.40. The molecule has 1 aliphatic carbocycles. The van der Waals surface area contributed by atoms with Crippen LogP contribution in [0.25, 0.3) is 6.08 Å². The second kappa shape index (κ2) is 11.9. The highest BCUT2D eigenvalue weighted by atomic mass is 32.2. The number of carbonyl (C=O) groups is 1. The first-order chi connectivity index (χ1) is 20.7. The number of nitrogens with zero attached hydrogens (tertiary/aromatic N) is 4. The van der Waals surface area contributed by atoms with E-state index in [4.69, 9.17) is 9.47 Å². The Kier molecular flexibility index (Phi) is 8.49. The molecule has 2 aliphatic rings. The van der Waals surface area contributed by atoms with Gasteiger partial charge in [-0.1, -0.05) is 12.1 Å². The van der Waals surface area contributed by atoms with Gasteiger partial charge in [-0.25, -0.2) is 0 Å². The minimum Gasteiger partial charge on any atom is -0.493 e. The SMILES string of the molecule is COc1cc(C=C2SC(N(Cc3c(C)nn(C)c3C)C3CC3)=NC2=O)ccc1OCc1ccc(C(F)(F)F)cc1C(F)(F)F. The van der Waals surface area contributed by atoms with Crippen LogP contribution in [0.15, 0.2) is 46.3 Å². The molecule has 2 heterocycles. The lowest BCUT2D eigenvalue weighted by Gasteiger charge is -2.23. The predicted octanol–water partition coefficient (Wildman–Crippen LogP) is 7.30. The lowest BCUT2D eigenvalue weighted by molar-refractivity contribution is -0.143. The molecule has 0 saturated heterocycles. The number of carbonyl (C=O) groups excluding carboxylic acids is 1. The molecular formula is C30H28F6N4O3S. The van der Waals surface area contributed by atoms with E-state index >= 15 is 0 Å². The van der Waals surface area contributed by atoms with E-state index < -0.39 is 41.6 Å². The fourth-order valence-electron chi connectivity index (χ4n) is 4.82. The van der Waals surface area contributed by atoms with Crippen LogP contribution >= 0.6 is 11.8 Å². The summed E-state index contributed by atoms with van der Waals surface area (Å²) in [6, 6.07) is 6.28. The van der Waals surface area contributed by atoms with Crippen molar-refractivity contribution in [2.75, 3.05) is 7.11 Å². The quantitative estimate of drug-likeness (QED) is 0.191. The molecule has 0 N–H and O–H groups in total. The Hall–Kier alpha value is -3.94. The number of amidine groups is 1. The normalized spacial score (nSPS) is 16.5. The Morgan fingerprint density at radius 1 is 1.05 bits per heavy atom. The van der Waals surface area contributed by atoms with Crippen molar-refractivity contribution in [1.29, 1.82) is 0 Å². The van der Waals surface area contributed by atoms with Gasteiger partial charge in [-0.15, -0.1) is 0 Å². The van der Waals surface area contributed by atoms with Crippen LogP contribution in [0, 0.1) is 13.8 Å². The Morgan fingerprint density at radius 2 is 1.77 bits per heavy atom. The number of methoxy groups -OCH3 is 1. The average molecular weight is 639 g/mol. The topological polar surface area (TPSA) is 69.0 Å². The highest BCUT2D eigenvalue weighted by molar-refractivity contribution is 8.18. The first-order valence-electron chi connectivity index (χ1n) is 13.5. The molecule has 1 aromatic heterocycles. The smallest absolute Gasteiger partial charge is 0.416 e. The van der Waals surface area contributed by atoms with Crippen LogP contribution in [0.1, 0.15) is 52.0 Å². The van der Waals surface area contributed by atoms with Gasteiger partial charge < -0.3 is 14.4 Å². The predicted molar refractivity (Wildman–Crippen MR) is 153 cm³/mol. The molecule has 44 heavy (non-hydrogen) atoms. The van der Waals surface area contributed by atoms with E-state index in [1.807, 2.05) is 25.6 Å². The first-order valence-corrected chi connectivity index (χ1v) is 14.3. The Morgan fingerprint density at radius 3 is 2.36 bits per heavy atom. The zero-order valence-corrected chi connectivity index (χ0v) is 25.0. The third-order valence-electron chi connectivity index (χ3n) is 7.44. The number of alkyl halides is 6. The van der Waals surface area contributed by atoms with Gasteiger partial charge in [0.05, 0.1) is 28.8 Å². The summed E-state index contributed by atoms with van der Waals surface area (Å²) in [5.41, 5.74) is 0.306. The molecule has 0 atom stereocenters. The number of halogens is 6. The number of amides is 1. The Balaban J connectivity index is 1.32. The first kappa shape index (κ1) is 31.5. The van der Waals surface area contributed by atoms with Gasteiger partial charge in [0.25, 0.3) is 5.91 Å². The standard InChI is InChI=1S/C30H28F6N4O3S/c1-16-22(17(2)39(3)38-16)14-40(21-8-9-21)28-37-27(41)26(44-28)12-18-5-10-24(25(11-18)42-4)43-15-19-6-7-20(29(31,32)33)13-23(19)30(34,35)36/h5-7,10-13,21H,8-9,14-15H2,1-4H3. The van der Waals surface area contributed by atoms with Crippen LogP contribution in [0.3, 0.4) is 0 Å². The molecule has 1 saturated carbocycles. The van der Waals surface area contributed by atoms with Crippen molar-refractivity contribution < 1.29 is 40.6 Å². The van der Waals surface area contributed by atoms with Gasteiger partial charge in [-0.3, -0.25) is 9.48 Å². The van der Waals surface area contributed by atoms with Gasteiger partial charge in [0.15, 0.2) is 16.7 Å². The van der Waals surface area contributed by atoms with Gasteiger partial charge >= 0.3 is 12.4 Å². The second-order valence-corrected chi connectivity index (χ2v) is 11.5. The van der Waals surface area contributed by atoms with E-state index in [0.717, 1.165) is 35.9 Å². The molecule has 3 aromatic rings. The maximum atomic E-state index is 13.5. The molecule has 5 rings (SSSR count). The summed E-state index contributed by atoms with van der Waals surface area (Å²) < 4.78 is 92.4. The van der Waals surface area contributed by atoms with E-state index in [-0.39, 0.29) is 23.6 Å². The molecule has 7 nitrogen and oxygen atoms in total. The van der Waals surface area contributed by atoms with E-state index in [1.165, 1.54) is 24.9 Å². The zero-order valence-electron chi connectivity index (χ0n) is 24.1. The Bertz CT molecular complexity index is 1660. The third-order valence-corrected chi connectivity index (χ3v) is 8.46. The summed E-state index contributed by atoms with van der Waals surface area (Å²) >= 11 is 1.26. The second-order valence-electron chi connectivity index (χ2n) is 10.5. The summed E-state index contributed by atoms with van der Waals surface area (Å²) in [5.74, 6) is -0.151. The number of aryl methyl sites for hydroxylation is 2. The van der Waals surface area contributed by atoms with Gasteiger partial charge in [0.1, 0.15) is 6.61 Å². The molecule has 0 radical (unpaired) electrons. The van der Waals surface area contributed by atoms with Crippen LogP contribution in [-0.4, -0.2) is 38.9 Å². The minimum absolute atomic E-state index is 0.0707. The van der Waals surface area contributed by atoms with Crippen LogP contribution in [0.4, 0.5) is 26.3 Å². The van der Waals surface area contributed by atoms with Crippen LogP contribution in [0.5, 0.6) is 11.5 Å². The molecular weight excluding hydrogens is 610 g/mol. The molecule has 234 valence electrons. The maximum absolute atomic E-state index is 13.5. The summed E-state index contributed by atoms with van der Waals surface area (Å²) in [6.45, 7) is 3.88. The van der Waals surface area contributed by atoms with Gasteiger partial charge in [-0.2, -0.15) is 36.4 Å². The maximum Gasteiger partial charge on any atom is 0.416 e. The largest absolute Gasteiger partial charge is 0.493 e. The van der Waals surface area contributed by atoms with E-state index in [0.29, 0.717) is 28.2 Å². The third kappa shape index (κ3) is 6.74. The number of benzene rings is 2. The van der Waals surface area contributed by atoms with Crippen LogP contribution in [0.2, 0.25) is 0 Å². The van der Waals surface area contributed by atoms with Crippen molar-refractivity contribution in [2.24, 2.45) is 12.0 Å². The van der Waals surface area contributed by atoms with Crippen molar-refractivity contribution in [2.45, 2.75) is 58.2 Å². The van der Waals surface area contributed by atoms with Crippen molar-refractivity contribution in [1.82, 2.24) is 14.7 Å². The van der Waals surface area contributed by atoms with Crippen molar-refractivity contribution in [3.05, 3.63) is 80.5 Å². The summed E-state index contributed by atoms with van der Waals surface area (Å²) in [6.07, 6.45) is -6.30. The fraction of sp³-hybridized carbons (Fsp3) is 0.367. The number of thioether (sulfide) groups is 1. The molecule has 2 aromatic carbocycles. The van der Waals surface area contributed by atoms with E-state index in [9.17, 15) is 31.1 Å². The molecule has 0 unspecified atom stereocenters. The van der Waals surface area contributed by atoms with Gasteiger partial charge in [0, 0.05) is 36.5 Å². The molecule has 0 bridgehead atoms. The number of aromatic nitrogens is 2. The lowest BCUT2D eigenvalue weighted by Crippen LogP contribution is -2.30. The average Bonchev–Trinajstić information content (AvgIpc) is 3.68. The number of hydrogen-bond donors (Lipinski definition) is 0. The summed E-state index contributed by atoms with van der Waals surface area (Å²) in [4.78, 5) is 19.7. The number of rotatable bonds is 8. The van der Waals surface area contributed by atoms with Crippen molar-refractivity contribution in [3.8, 4) is 11.5 Å². The molecule has 1 amide bonds. The van der Waals surface area contributed by atoms with Crippen molar-refractivity contribution in [3.63, 3.8) is 0 Å². The molecule has 14 heteroatoms. The lowest BCUT2D eigenvalue weighted by atomic mass is 10.0.